The Morgan fingerprint density at radius 1 is 0.821 bits per heavy atom. The minimum atomic E-state index is -0.352. The number of anilines is 2. The van der Waals surface area contributed by atoms with Crippen molar-refractivity contribution in [2.75, 3.05) is 30.3 Å². The molecule has 12 nitrogen and oxygen atoms in total. The van der Waals surface area contributed by atoms with Gasteiger partial charge in [-0.1, -0.05) is 18.2 Å². The Kier molecular flexibility index (Phi) is 8.93. The second kappa shape index (κ2) is 14.3. The van der Waals surface area contributed by atoms with E-state index in [1.807, 2.05) is 60.7 Å². The summed E-state index contributed by atoms with van der Waals surface area (Å²) in [4.78, 5) is 40.3. The van der Waals surface area contributed by atoms with Crippen molar-refractivity contribution in [2.45, 2.75) is 88.6 Å². The van der Waals surface area contributed by atoms with E-state index >= 15 is 4.39 Å². The summed E-state index contributed by atoms with van der Waals surface area (Å²) in [5.41, 5.74) is 11.7. The molecule has 13 heteroatoms. The normalized spacial score (nSPS) is 25.4. The molecule has 5 aromatic rings. The van der Waals surface area contributed by atoms with E-state index in [9.17, 15) is 9.59 Å². The molecular formula is C43H46FN9O3. The molecule has 1 aliphatic carbocycles. The SMILES string of the molecule is Nc1ncnc2c1c(-c1ccc(Oc3ccccc3)cc1)nn2C1CCC(CN2CC3CCC(C2)N3c2cc3c(cc2F)CN(C2CCC(=O)NC2=O)C3)CC1. The van der Waals surface area contributed by atoms with E-state index in [0.717, 1.165) is 103 Å². The number of piperazine rings is 1. The highest BCUT2D eigenvalue weighted by atomic mass is 19.1. The molecule has 2 aromatic heterocycles. The van der Waals surface area contributed by atoms with Gasteiger partial charge in [-0.2, -0.15) is 5.10 Å². The molecule has 288 valence electrons. The van der Waals surface area contributed by atoms with Gasteiger partial charge in [-0.25, -0.2) is 19.0 Å². The predicted molar refractivity (Wildman–Crippen MR) is 210 cm³/mol. The number of fused-ring (bicyclic) bond motifs is 4. The number of hydrogen-bond donors (Lipinski definition) is 2. The van der Waals surface area contributed by atoms with Crippen LogP contribution in [-0.2, 0) is 22.7 Å². The average Bonchev–Trinajstić information content (AvgIpc) is 3.87. The number of nitrogen functional groups attached to an aromatic ring is 1. The number of imide groups is 1. The zero-order valence-electron chi connectivity index (χ0n) is 31.3. The molecule has 10 rings (SSSR count). The van der Waals surface area contributed by atoms with E-state index in [2.05, 4.69) is 34.7 Å². The van der Waals surface area contributed by atoms with Gasteiger partial charge in [-0.15, -0.1) is 0 Å². The Balaban J connectivity index is 0.782. The lowest BCUT2D eigenvalue weighted by Crippen LogP contribution is -2.55. The van der Waals surface area contributed by atoms with Crippen molar-refractivity contribution >= 4 is 34.4 Å². The van der Waals surface area contributed by atoms with Crippen molar-refractivity contribution in [1.29, 1.82) is 0 Å². The fourth-order valence-corrected chi connectivity index (χ4v) is 10.1. The molecule has 2 bridgehead atoms. The molecule has 0 radical (unpaired) electrons. The topological polar surface area (TPSA) is 135 Å². The van der Waals surface area contributed by atoms with Gasteiger partial charge in [-0.3, -0.25) is 24.7 Å². The molecule has 4 fully saturated rings. The van der Waals surface area contributed by atoms with Gasteiger partial charge < -0.3 is 15.4 Å². The molecule has 56 heavy (non-hydrogen) atoms. The number of para-hydroxylation sites is 1. The van der Waals surface area contributed by atoms with Crippen LogP contribution < -0.4 is 20.7 Å². The highest BCUT2D eigenvalue weighted by Gasteiger charge is 2.43. The molecule has 0 spiro atoms. The van der Waals surface area contributed by atoms with Crippen molar-refractivity contribution in [3.05, 3.63) is 90.0 Å². The maximum Gasteiger partial charge on any atom is 0.243 e. The van der Waals surface area contributed by atoms with E-state index in [4.69, 9.17) is 15.6 Å². The Morgan fingerprint density at radius 3 is 2.25 bits per heavy atom. The summed E-state index contributed by atoms with van der Waals surface area (Å²) in [5, 5.41) is 8.39. The number of hydrogen-bond acceptors (Lipinski definition) is 10. The number of ether oxygens (including phenoxy) is 1. The predicted octanol–water partition coefficient (Wildman–Crippen LogP) is 6.21. The van der Waals surface area contributed by atoms with E-state index in [-0.39, 0.29) is 41.8 Å². The van der Waals surface area contributed by atoms with Gasteiger partial charge in [0.25, 0.3) is 0 Å². The second-order valence-corrected chi connectivity index (χ2v) is 16.3. The Hall–Kier alpha value is -5.40. The standard InChI is InChI=1S/C43H46FN9O3/c44-35-18-28-21-51(36-16-17-38(54)48-43(36)55)22-29(28)19-37(35)52-31-12-13-32(52)24-50(23-31)20-26-6-10-30(11-7-26)53-42-39(41(45)46-25-47-42)40(49-53)27-8-14-34(15-9-27)56-33-4-2-1-3-5-33/h1-5,8-9,14-15,18-19,25-26,30-32,36H,6-7,10-13,16-17,20-24H2,(H2,45,46,47)(H,48,54,55). The van der Waals surface area contributed by atoms with Crippen LogP contribution in [0.15, 0.2) is 73.1 Å². The van der Waals surface area contributed by atoms with Gasteiger partial charge in [0.15, 0.2) is 5.65 Å². The molecular weight excluding hydrogens is 710 g/mol. The molecule has 4 aliphatic heterocycles. The number of rotatable bonds is 8. The zero-order chi connectivity index (χ0) is 37.9. The van der Waals surface area contributed by atoms with Gasteiger partial charge in [0.2, 0.25) is 11.8 Å². The van der Waals surface area contributed by atoms with E-state index in [0.29, 0.717) is 43.4 Å². The number of benzene rings is 3. The number of carbonyl (C=O) groups excluding carboxylic acids is 2. The summed E-state index contributed by atoms with van der Waals surface area (Å²) >= 11 is 0. The third kappa shape index (κ3) is 6.46. The van der Waals surface area contributed by atoms with Crippen LogP contribution in [0.1, 0.15) is 68.5 Å². The fourth-order valence-electron chi connectivity index (χ4n) is 10.1. The number of carbonyl (C=O) groups is 2. The summed E-state index contributed by atoms with van der Waals surface area (Å²) in [6.45, 7) is 4.06. The van der Waals surface area contributed by atoms with Crippen LogP contribution in [0, 0.1) is 11.7 Å². The third-order valence-corrected chi connectivity index (χ3v) is 12.8. The van der Waals surface area contributed by atoms with Crippen LogP contribution in [-0.4, -0.2) is 79.1 Å². The summed E-state index contributed by atoms with van der Waals surface area (Å²) < 4.78 is 23.9. The first kappa shape index (κ1) is 35.0. The molecule has 3 saturated heterocycles. The van der Waals surface area contributed by atoms with Gasteiger partial charge >= 0.3 is 0 Å². The van der Waals surface area contributed by atoms with Gasteiger partial charge in [-0.05, 0) is 111 Å². The number of nitrogens with zero attached hydrogens (tertiary/aromatic N) is 7. The average molecular weight is 756 g/mol. The quantitative estimate of drug-likeness (QED) is 0.176. The van der Waals surface area contributed by atoms with Crippen molar-refractivity contribution in [1.82, 2.24) is 34.9 Å². The minimum absolute atomic E-state index is 0.173. The molecule has 5 aliphatic rings. The largest absolute Gasteiger partial charge is 0.457 e. The van der Waals surface area contributed by atoms with Crippen LogP contribution in [0.2, 0.25) is 0 Å². The lowest BCUT2D eigenvalue weighted by atomic mass is 9.85. The van der Waals surface area contributed by atoms with E-state index in [1.165, 1.54) is 6.33 Å². The second-order valence-electron chi connectivity index (χ2n) is 16.3. The Morgan fingerprint density at radius 2 is 1.52 bits per heavy atom. The lowest BCUT2D eigenvalue weighted by molar-refractivity contribution is -0.137. The van der Waals surface area contributed by atoms with Crippen LogP contribution in [0.4, 0.5) is 15.9 Å². The molecule has 6 heterocycles. The summed E-state index contributed by atoms with van der Waals surface area (Å²) in [6.07, 6.45) is 8.74. The highest BCUT2D eigenvalue weighted by Crippen LogP contribution is 2.42. The molecule has 3 aromatic carbocycles. The van der Waals surface area contributed by atoms with Crippen LogP contribution in [0.25, 0.3) is 22.3 Å². The van der Waals surface area contributed by atoms with Gasteiger partial charge in [0.1, 0.15) is 35.2 Å². The van der Waals surface area contributed by atoms with Crippen LogP contribution in [0.3, 0.4) is 0 Å². The molecule has 2 amide bonds. The van der Waals surface area contributed by atoms with Crippen molar-refractivity contribution in [2.24, 2.45) is 5.92 Å². The summed E-state index contributed by atoms with van der Waals surface area (Å²) in [7, 11) is 0. The van der Waals surface area contributed by atoms with Crippen molar-refractivity contribution < 1.29 is 18.7 Å². The molecule has 1 saturated carbocycles. The first-order chi connectivity index (χ1) is 27.3. The highest BCUT2D eigenvalue weighted by molar-refractivity contribution is 6.00. The first-order valence-electron chi connectivity index (χ1n) is 20.1. The number of nitrogens with two attached hydrogens (primary N) is 1. The van der Waals surface area contributed by atoms with E-state index in [1.54, 1.807) is 6.07 Å². The molecule has 3 unspecified atom stereocenters. The number of halogens is 1. The number of likely N-dealkylation sites (tertiary alicyclic amines) is 1. The summed E-state index contributed by atoms with van der Waals surface area (Å²) in [6, 6.07) is 21.8. The first-order valence-corrected chi connectivity index (χ1v) is 20.1. The summed E-state index contributed by atoms with van der Waals surface area (Å²) in [5.74, 6) is 1.91. The zero-order valence-corrected chi connectivity index (χ0v) is 31.3. The van der Waals surface area contributed by atoms with Crippen molar-refractivity contribution in [3.8, 4) is 22.8 Å². The Bertz CT molecular complexity index is 2280. The third-order valence-electron chi connectivity index (χ3n) is 12.8. The number of aromatic nitrogens is 4. The lowest BCUT2D eigenvalue weighted by Gasteiger charge is -2.44. The van der Waals surface area contributed by atoms with Gasteiger partial charge in [0, 0.05) is 56.8 Å². The molecule has 3 atom stereocenters. The Labute approximate surface area is 324 Å². The smallest absolute Gasteiger partial charge is 0.243 e. The van der Waals surface area contributed by atoms with Crippen LogP contribution in [0.5, 0.6) is 11.5 Å². The minimum Gasteiger partial charge on any atom is -0.457 e. The maximum absolute atomic E-state index is 15.8. The van der Waals surface area contributed by atoms with Crippen LogP contribution >= 0.6 is 0 Å². The fraction of sp³-hybridized carbons (Fsp3) is 0.419. The number of piperidine rings is 1. The van der Waals surface area contributed by atoms with Crippen molar-refractivity contribution in [3.63, 3.8) is 0 Å². The number of amides is 2. The monoisotopic (exact) mass is 755 g/mol. The molecule has 3 N–H and O–H groups in total. The maximum atomic E-state index is 15.8. The van der Waals surface area contributed by atoms with Gasteiger partial charge in [0.05, 0.1) is 23.2 Å². The van der Waals surface area contributed by atoms with E-state index < -0.39 is 0 Å². The number of nitrogens with one attached hydrogen (secondary N) is 1.